The van der Waals surface area contributed by atoms with Crippen molar-refractivity contribution in [3.63, 3.8) is 0 Å². The van der Waals surface area contributed by atoms with E-state index in [1.54, 1.807) is 12.1 Å². The molecule has 1 saturated heterocycles. The van der Waals surface area contributed by atoms with E-state index in [9.17, 15) is 28.7 Å². The molecule has 1 N–H and O–H groups in total. The number of carbonyl (C=O) groups excluding carboxylic acids is 1. The van der Waals surface area contributed by atoms with Crippen molar-refractivity contribution in [2.24, 2.45) is 5.41 Å². The Labute approximate surface area is 248 Å². The molecule has 1 aliphatic heterocycles. The summed E-state index contributed by atoms with van der Waals surface area (Å²) in [6.45, 7) is 0.169. The van der Waals surface area contributed by atoms with Gasteiger partial charge in [-0.25, -0.2) is 8.42 Å². The Hall–Kier alpha value is -3.17. The van der Waals surface area contributed by atoms with E-state index in [0.29, 0.717) is 38.0 Å². The summed E-state index contributed by atoms with van der Waals surface area (Å²) in [7, 11) is -2.63. The van der Waals surface area contributed by atoms with E-state index in [4.69, 9.17) is 9.47 Å². The normalized spacial score (nSPS) is 19.7. The van der Waals surface area contributed by atoms with Crippen molar-refractivity contribution >= 4 is 16.1 Å². The maximum absolute atomic E-state index is 14.2. The maximum Gasteiger partial charge on any atom is 0.243 e. The van der Waals surface area contributed by atoms with E-state index < -0.39 is 39.9 Å². The van der Waals surface area contributed by atoms with Gasteiger partial charge in [-0.3, -0.25) is 0 Å². The molecule has 1 saturated carbocycles. The monoisotopic (exact) mass is 598 g/mol. The number of hydrogen-bond acceptors (Lipinski definition) is 8. The Morgan fingerprint density at radius 1 is 1.17 bits per heavy atom. The number of methoxy groups -OCH3 is 1. The van der Waals surface area contributed by atoms with Crippen molar-refractivity contribution in [2.45, 2.75) is 81.1 Å². The number of amides is 1. The first-order valence-electron chi connectivity index (χ1n) is 14.5. The van der Waals surface area contributed by atoms with Crippen LogP contribution in [0.1, 0.15) is 56.9 Å². The second kappa shape index (κ2) is 14.3. The van der Waals surface area contributed by atoms with Gasteiger partial charge in [-0.15, -0.1) is 0 Å². The number of aliphatic hydroxyl groups excluding tert-OH is 1. The average Bonchev–Trinajstić information content (AvgIpc) is 3.69. The fourth-order valence-corrected chi connectivity index (χ4v) is 7.87. The van der Waals surface area contributed by atoms with E-state index in [1.165, 1.54) is 23.5 Å². The lowest BCUT2D eigenvalue weighted by atomic mass is 9.81. The van der Waals surface area contributed by atoms with Crippen molar-refractivity contribution < 1.29 is 32.9 Å². The topological polar surface area (TPSA) is 143 Å². The Bertz CT molecular complexity index is 1300. The number of carboxylic acid groups (broad SMARTS) is 1. The van der Waals surface area contributed by atoms with Crippen LogP contribution in [0.3, 0.4) is 0 Å². The summed E-state index contributed by atoms with van der Waals surface area (Å²) in [5.41, 5.74) is 0.378. The Balaban J connectivity index is 1.71. The highest BCUT2D eigenvalue weighted by Gasteiger charge is 2.42. The summed E-state index contributed by atoms with van der Waals surface area (Å²) in [6.07, 6.45) is 1.85. The van der Waals surface area contributed by atoms with E-state index in [0.717, 1.165) is 36.1 Å². The number of hydrogen-bond donors (Lipinski definition) is 1. The Kier molecular flexibility index (Phi) is 10.8. The van der Waals surface area contributed by atoms with E-state index in [1.807, 2.05) is 30.3 Å². The molecule has 0 aromatic heterocycles. The molecule has 0 unspecified atom stereocenters. The molecule has 10 nitrogen and oxygen atoms in total. The molecule has 0 radical (unpaired) electrons. The van der Waals surface area contributed by atoms with Crippen molar-refractivity contribution in [3.8, 4) is 11.8 Å². The van der Waals surface area contributed by atoms with Gasteiger partial charge in [0.2, 0.25) is 10.0 Å². The number of carbonyl (C=O) groups is 1. The van der Waals surface area contributed by atoms with Crippen LogP contribution in [-0.2, 0) is 21.2 Å². The zero-order valence-electron chi connectivity index (χ0n) is 24.1. The molecular formula is C31H40N3O7S-. The number of rotatable bonds is 14. The molecule has 42 heavy (non-hydrogen) atoms. The fraction of sp³-hybridized carbons (Fsp3) is 0.548. The van der Waals surface area contributed by atoms with Gasteiger partial charge < -0.3 is 29.4 Å². The lowest BCUT2D eigenvalue weighted by Gasteiger charge is -2.42. The molecular weight excluding hydrogens is 558 g/mol. The quantitative estimate of drug-likeness (QED) is 0.349. The number of sulfonamides is 1. The molecule has 228 valence electrons. The fourth-order valence-electron chi connectivity index (χ4n) is 6.30. The molecule has 1 aliphatic carbocycles. The SMILES string of the molecule is COc1ccc(S(=O)(=O)N(C[C@@H](O)[C@H](Cc2ccccc2)N(C(=O)[O-])[C@@H]2CCCO2)CC2(CCC#N)CCCC2)cc1. The molecule has 2 aromatic carbocycles. The third-order valence-electron chi connectivity index (χ3n) is 8.55. The van der Waals surface area contributed by atoms with Crippen LogP contribution in [0.2, 0.25) is 0 Å². The molecule has 2 aromatic rings. The predicted octanol–water partition coefficient (Wildman–Crippen LogP) is 3.30. The third-order valence-corrected chi connectivity index (χ3v) is 10.4. The summed E-state index contributed by atoms with van der Waals surface area (Å²) in [6, 6.07) is 16.4. The molecule has 4 rings (SSSR count). The minimum Gasteiger partial charge on any atom is -0.530 e. The highest BCUT2D eigenvalue weighted by Crippen LogP contribution is 2.43. The second-order valence-corrected chi connectivity index (χ2v) is 13.2. The largest absolute Gasteiger partial charge is 0.530 e. The predicted molar refractivity (Wildman–Crippen MR) is 154 cm³/mol. The van der Waals surface area contributed by atoms with Gasteiger partial charge in [-0.1, -0.05) is 43.2 Å². The highest BCUT2D eigenvalue weighted by molar-refractivity contribution is 7.89. The van der Waals surface area contributed by atoms with Crippen LogP contribution in [0, 0.1) is 16.7 Å². The minimum atomic E-state index is -4.12. The first-order valence-corrected chi connectivity index (χ1v) is 16.0. The van der Waals surface area contributed by atoms with Gasteiger partial charge in [0, 0.05) is 26.1 Å². The summed E-state index contributed by atoms with van der Waals surface area (Å²) >= 11 is 0. The van der Waals surface area contributed by atoms with E-state index in [2.05, 4.69) is 6.07 Å². The molecule has 2 aliphatic rings. The molecule has 0 bridgehead atoms. The van der Waals surface area contributed by atoms with Crippen LogP contribution in [0.4, 0.5) is 4.79 Å². The number of nitriles is 1. The lowest BCUT2D eigenvalue weighted by molar-refractivity contribution is -0.279. The van der Waals surface area contributed by atoms with Crippen LogP contribution in [0.5, 0.6) is 5.75 Å². The first kappa shape index (κ1) is 31.8. The van der Waals surface area contributed by atoms with Gasteiger partial charge in [0.25, 0.3) is 0 Å². The van der Waals surface area contributed by atoms with E-state index >= 15 is 0 Å². The zero-order valence-corrected chi connectivity index (χ0v) is 24.9. The number of aliphatic hydroxyl groups is 1. The van der Waals surface area contributed by atoms with Gasteiger partial charge >= 0.3 is 0 Å². The molecule has 1 amide bonds. The summed E-state index contributed by atoms with van der Waals surface area (Å²) in [5, 5.41) is 33.6. The van der Waals surface area contributed by atoms with Crippen LogP contribution in [-0.4, -0.2) is 74.0 Å². The van der Waals surface area contributed by atoms with Crippen LogP contribution in [0.25, 0.3) is 0 Å². The molecule has 1 heterocycles. The van der Waals surface area contributed by atoms with Crippen molar-refractivity contribution in [1.29, 1.82) is 5.26 Å². The molecule has 11 heteroatoms. The molecule has 3 atom stereocenters. The van der Waals surface area contributed by atoms with Crippen LogP contribution < -0.4 is 9.84 Å². The average molecular weight is 599 g/mol. The van der Waals surface area contributed by atoms with Gasteiger partial charge in [0.05, 0.1) is 30.2 Å². The summed E-state index contributed by atoms with van der Waals surface area (Å²) in [5.74, 6) is 0.505. The van der Waals surface area contributed by atoms with Gasteiger partial charge in [0.1, 0.15) is 18.1 Å². The first-order chi connectivity index (χ1) is 20.2. The standard InChI is InChI=1S/C31H41N3O7S/c1-40-25-12-14-26(15-13-25)42(38,39)33(23-31(18-8-19-32)16-5-6-17-31)22-28(35)27(21-24-9-3-2-4-10-24)34(30(36)37)29-11-7-20-41-29/h2-4,9-10,12-15,27-29,35H,5-8,11,16-18,20-23H2,1H3,(H,36,37)/p-1/t27-,28+,29-/m0/s1. The van der Waals surface area contributed by atoms with Crippen molar-refractivity contribution in [2.75, 3.05) is 26.8 Å². The van der Waals surface area contributed by atoms with Gasteiger partial charge in [-0.2, -0.15) is 9.57 Å². The zero-order chi connectivity index (χ0) is 30.2. The third kappa shape index (κ3) is 7.61. The maximum atomic E-state index is 14.2. The number of benzene rings is 2. The Morgan fingerprint density at radius 2 is 1.86 bits per heavy atom. The Morgan fingerprint density at radius 3 is 2.43 bits per heavy atom. The van der Waals surface area contributed by atoms with Crippen molar-refractivity contribution in [1.82, 2.24) is 9.21 Å². The molecule has 0 spiro atoms. The van der Waals surface area contributed by atoms with Gasteiger partial charge in [0.15, 0.2) is 0 Å². The number of nitrogens with zero attached hydrogens (tertiary/aromatic N) is 3. The lowest BCUT2D eigenvalue weighted by Crippen LogP contribution is -2.59. The van der Waals surface area contributed by atoms with E-state index in [-0.39, 0.29) is 24.4 Å². The van der Waals surface area contributed by atoms with Gasteiger partial charge in [-0.05, 0) is 73.8 Å². The van der Waals surface area contributed by atoms with Crippen molar-refractivity contribution in [3.05, 3.63) is 60.2 Å². The minimum absolute atomic E-state index is 0.0411. The second-order valence-electron chi connectivity index (χ2n) is 11.3. The summed E-state index contributed by atoms with van der Waals surface area (Å²) in [4.78, 5) is 13.6. The smallest absolute Gasteiger partial charge is 0.243 e. The molecule has 2 fully saturated rings. The summed E-state index contributed by atoms with van der Waals surface area (Å²) < 4.78 is 40.5. The highest BCUT2D eigenvalue weighted by atomic mass is 32.2. The van der Waals surface area contributed by atoms with Crippen LogP contribution >= 0.6 is 0 Å². The number of ether oxygens (including phenoxy) is 2. The van der Waals surface area contributed by atoms with Crippen LogP contribution in [0.15, 0.2) is 59.5 Å².